The molecule has 0 saturated heterocycles. The Bertz CT molecular complexity index is 293. The van der Waals surface area contributed by atoms with Crippen molar-refractivity contribution in [2.45, 2.75) is 45.1 Å². The molecule has 0 heterocycles. The Morgan fingerprint density at radius 1 is 1.33 bits per heavy atom. The summed E-state index contributed by atoms with van der Waals surface area (Å²) in [5.41, 5.74) is 0. The lowest BCUT2D eigenvalue weighted by molar-refractivity contribution is -0.149. The summed E-state index contributed by atoms with van der Waals surface area (Å²) in [6, 6.07) is -0.0288. The van der Waals surface area contributed by atoms with Gasteiger partial charge in [-0.05, 0) is 19.3 Å². The van der Waals surface area contributed by atoms with Crippen molar-refractivity contribution < 1.29 is 19.4 Å². The number of methoxy groups -OCH3 is 1. The van der Waals surface area contributed by atoms with Crippen LogP contribution in [0.15, 0.2) is 0 Å². The standard InChI is InChI=1S/C13H23NO4/c1-3-9(8-18-2)14-12(15)10-6-4-5-7-11(10)13(16)17/h9-11H,3-8H2,1-2H3,(H,14,15)(H,16,17). The lowest BCUT2D eigenvalue weighted by Crippen LogP contribution is -2.45. The molecule has 3 atom stereocenters. The summed E-state index contributed by atoms with van der Waals surface area (Å²) in [7, 11) is 1.59. The Balaban J connectivity index is 2.59. The fourth-order valence-electron chi connectivity index (χ4n) is 2.51. The fraction of sp³-hybridized carbons (Fsp3) is 0.846. The molecule has 1 saturated carbocycles. The third-order valence-electron chi connectivity index (χ3n) is 3.63. The Labute approximate surface area is 108 Å². The number of amides is 1. The topological polar surface area (TPSA) is 75.6 Å². The number of carboxylic acids is 1. The first-order valence-corrected chi connectivity index (χ1v) is 6.62. The molecule has 0 aliphatic heterocycles. The minimum Gasteiger partial charge on any atom is -0.481 e. The molecule has 0 aromatic rings. The lowest BCUT2D eigenvalue weighted by atomic mass is 9.78. The molecule has 1 aliphatic rings. The number of rotatable bonds is 6. The van der Waals surface area contributed by atoms with E-state index in [1.54, 1.807) is 7.11 Å². The predicted molar refractivity (Wildman–Crippen MR) is 67.2 cm³/mol. The third-order valence-corrected chi connectivity index (χ3v) is 3.63. The molecule has 1 amide bonds. The number of ether oxygens (including phenoxy) is 1. The summed E-state index contributed by atoms with van der Waals surface area (Å²) in [6.07, 6.45) is 3.89. The molecule has 0 bridgehead atoms. The molecule has 3 unspecified atom stereocenters. The van der Waals surface area contributed by atoms with Gasteiger partial charge >= 0.3 is 5.97 Å². The molecule has 0 aromatic heterocycles. The zero-order valence-electron chi connectivity index (χ0n) is 11.1. The molecule has 18 heavy (non-hydrogen) atoms. The predicted octanol–water partition coefficient (Wildman–Crippen LogP) is 1.42. The van der Waals surface area contributed by atoms with Gasteiger partial charge in [0.1, 0.15) is 0 Å². The minimum atomic E-state index is -0.852. The van der Waals surface area contributed by atoms with Crippen molar-refractivity contribution in [2.75, 3.05) is 13.7 Å². The van der Waals surface area contributed by atoms with Crippen molar-refractivity contribution in [2.24, 2.45) is 11.8 Å². The SMILES string of the molecule is CCC(COC)NC(=O)C1CCCCC1C(=O)O. The van der Waals surface area contributed by atoms with Gasteiger partial charge in [-0.2, -0.15) is 0 Å². The Kier molecular flexibility index (Phi) is 6.12. The Hall–Kier alpha value is -1.10. The molecule has 5 heteroatoms. The number of nitrogens with one attached hydrogen (secondary N) is 1. The maximum absolute atomic E-state index is 12.1. The van der Waals surface area contributed by atoms with Crippen molar-refractivity contribution in [3.8, 4) is 0 Å². The Morgan fingerprint density at radius 3 is 2.44 bits per heavy atom. The highest BCUT2D eigenvalue weighted by Gasteiger charge is 2.36. The molecule has 0 spiro atoms. The van der Waals surface area contributed by atoms with Crippen LogP contribution in [0.2, 0.25) is 0 Å². The summed E-state index contributed by atoms with van der Waals surface area (Å²) in [5, 5.41) is 12.0. The number of hydrogen-bond donors (Lipinski definition) is 2. The van der Waals surface area contributed by atoms with Crippen LogP contribution >= 0.6 is 0 Å². The van der Waals surface area contributed by atoms with Gasteiger partial charge in [0.2, 0.25) is 5.91 Å². The van der Waals surface area contributed by atoms with Gasteiger partial charge in [0, 0.05) is 7.11 Å². The van der Waals surface area contributed by atoms with E-state index in [0.29, 0.717) is 19.4 Å². The van der Waals surface area contributed by atoms with Gasteiger partial charge in [-0.25, -0.2) is 0 Å². The number of carbonyl (C=O) groups is 2. The molecule has 1 aliphatic carbocycles. The van der Waals surface area contributed by atoms with Crippen molar-refractivity contribution in [3.05, 3.63) is 0 Å². The van der Waals surface area contributed by atoms with Crippen LogP contribution in [0.4, 0.5) is 0 Å². The van der Waals surface area contributed by atoms with Crippen LogP contribution in [0.5, 0.6) is 0 Å². The second-order valence-electron chi connectivity index (χ2n) is 4.90. The van der Waals surface area contributed by atoms with Gasteiger partial charge in [0.25, 0.3) is 0 Å². The van der Waals surface area contributed by atoms with Gasteiger partial charge in [0.15, 0.2) is 0 Å². The monoisotopic (exact) mass is 257 g/mol. The second-order valence-corrected chi connectivity index (χ2v) is 4.90. The highest BCUT2D eigenvalue weighted by Crippen LogP contribution is 2.30. The summed E-state index contributed by atoms with van der Waals surface area (Å²) in [4.78, 5) is 23.3. The second kappa shape index (κ2) is 7.36. The summed E-state index contributed by atoms with van der Waals surface area (Å²) in [5.74, 6) is -1.90. The average molecular weight is 257 g/mol. The summed E-state index contributed by atoms with van der Waals surface area (Å²) < 4.78 is 5.03. The molecule has 5 nitrogen and oxygen atoms in total. The van der Waals surface area contributed by atoms with Gasteiger partial charge in [-0.1, -0.05) is 19.8 Å². The first-order chi connectivity index (χ1) is 8.60. The zero-order chi connectivity index (χ0) is 13.5. The van der Waals surface area contributed by atoms with Crippen LogP contribution < -0.4 is 5.32 Å². The van der Waals surface area contributed by atoms with E-state index in [2.05, 4.69) is 5.32 Å². The first-order valence-electron chi connectivity index (χ1n) is 6.62. The van der Waals surface area contributed by atoms with Crippen LogP contribution in [0.3, 0.4) is 0 Å². The van der Waals surface area contributed by atoms with E-state index in [-0.39, 0.29) is 17.9 Å². The van der Waals surface area contributed by atoms with Crippen molar-refractivity contribution >= 4 is 11.9 Å². The molecule has 1 fully saturated rings. The number of hydrogen-bond acceptors (Lipinski definition) is 3. The lowest BCUT2D eigenvalue weighted by Gasteiger charge is -2.29. The van der Waals surface area contributed by atoms with Crippen LogP contribution in [0, 0.1) is 11.8 Å². The largest absolute Gasteiger partial charge is 0.481 e. The van der Waals surface area contributed by atoms with Gasteiger partial charge < -0.3 is 15.2 Å². The van der Waals surface area contributed by atoms with Crippen LogP contribution in [0.25, 0.3) is 0 Å². The summed E-state index contributed by atoms with van der Waals surface area (Å²) in [6.45, 7) is 2.44. The maximum atomic E-state index is 12.1. The smallest absolute Gasteiger partial charge is 0.307 e. The van der Waals surface area contributed by atoms with Gasteiger partial charge in [0.05, 0.1) is 24.5 Å². The highest BCUT2D eigenvalue weighted by molar-refractivity contribution is 5.85. The molecule has 0 radical (unpaired) electrons. The number of carboxylic acid groups (broad SMARTS) is 1. The average Bonchev–Trinajstić information content (AvgIpc) is 2.38. The summed E-state index contributed by atoms with van der Waals surface area (Å²) >= 11 is 0. The normalized spacial score (nSPS) is 25.4. The molecule has 2 N–H and O–H groups in total. The number of aliphatic carboxylic acids is 1. The van der Waals surface area contributed by atoms with Crippen LogP contribution in [-0.4, -0.2) is 36.7 Å². The first kappa shape index (κ1) is 15.0. The van der Waals surface area contributed by atoms with E-state index in [1.807, 2.05) is 6.92 Å². The zero-order valence-corrected chi connectivity index (χ0v) is 11.1. The van der Waals surface area contributed by atoms with Crippen molar-refractivity contribution in [3.63, 3.8) is 0 Å². The van der Waals surface area contributed by atoms with Crippen LogP contribution in [0.1, 0.15) is 39.0 Å². The maximum Gasteiger partial charge on any atom is 0.307 e. The van der Waals surface area contributed by atoms with Crippen molar-refractivity contribution in [1.29, 1.82) is 0 Å². The minimum absolute atomic E-state index is 0.0288. The molecule has 0 aromatic carbocycles. The van der Waals surface area contributed by atoms with Crippen molar-refractivity contribution in [1.82, 2.24) is 5.32 Å². The fourth-order valence-corrected chi connectivity index (χ4v) is 2.51. The van der Waals surface area contributed by atoms with E-state index in [9.17, 15) is 9.59 Å². The molecule has 104 valence electrons. The number of carbonyl (C=O) groups excluding carboxylic acids is 1. The van der Waals surface area contributed by atoms with E-state index in [4.69, 9.17) is 9.84 Å². The van der Waals surface area contributed by atoms with E-state index < -0.39 is 11.9 Å². The molecular formula is C13H23NO4. The molecular weight excluding hydrogens is 234 g/mol. The van der Waals surface area contributed by atoms with Crippen LogP contribution in [-0.2, 0) is 14.3 Å². The van der Waals surface area contributed by atoms with E-state index >= 15 is 0 Å². The highest BCUT2D eigenvalue weighted by atomic mass is 16.5. The quantitative estimate of drug-likeness (QED) is 0.754. The Morgan fingerprint density at radius 2 is 1.94 bits per heavy atom. The molecule has 1 rings (SSSR count). The van der Waals surface area contributed by atoms with Gasteiger partial charge in [-0.3, -0.25) is 9.59 Å². The third kappa shape index (κ3) is 3.98. The van der Waals surface area contributed by atoms with Gasteiger partial charge in [-0.15, -0.1) is 0 Å². The van der Waals surface area contributed by atoms with E-state index in [0.717, 1.165) is 19.3 Å². The van der Waals surface area contributed by atoms with E-state index in [1.165, 1.54) is 0 Å².